The van der Waals surface area contributed by atoms with Crippen molar-refractivity contribution in [1.82, 2.24) is 5.32 Å². The van der Waals surface area contributed by atoms with Crippen LogP contribution < -0.4 is 5.32 Å². The molecule has 0 saturated heterocycles. The predicted molar refractivity (Wildman–Crippen MR) is 133 cm³/mol. The van der Waals surface area contributed by atoms with Crippen molar-refractivity contribution in [2.75, 3.05) is 6.54 Å². The van der Waals surface area contributed by atoms with Crippen LogP contribution in [-0.4, -0.2) is 29.0 Å². The normalized spacial score (nSPS) is 27.9. The van der Waals surface area contributed by atoms with Gasteiger partial charge in [0.15, 0.2) is 0 Å². The zero-order chi connectivity index (χ0) is 22.8. The molecule has 32 heavy (non-hydrogen) atoms. The molecule has 0 aromatic heterocycles. The van der Waals surface area contributed by atoms with E-state index in [1.807, 2.05) is 19.9 Å². The van der Waals surface area contributed by atoms with Crippen LogP contribution in [0.1, 0.15) is 64.4 Å². The van der Waals surface area contributed by atoms with Gasteiger partial charge in [-0.1, -0.05) is 61.1 Å². The molecule has 0 spiro atoms. The molecule has 6 atom stereocenters. The molecular formula is C29H41NO2. The summed E-state index contributed by atoms with van der Waals surface area (Å²) < 4.78 is 0. The van der Waals surface area contributed by atoms with Crippen molar-refractivity contribution in [3.05, 3.63) is 59.7 Å². The first-order valence-corrected chi connectivity index (χ1v) is 12.4. The number of aliphatic hydroxyl groups excluding tert-OH is 2. The van der Waals surface area contributed by atoms with E-state index in [4.69, 9.17) is 0 Å². The molecule has 174 valence electrons. The number of unbranched alkanes of at least 4 members (excludes halogenated alkanes) is 2. The molecule has 0 bridgehead atoms. The van der Waals surface area contributed by atoms with Crippen molar-refractivity contribution in [2.45, 2.75) is 77.5 Å². The third-order valence-electron chi connectivity index (χ3n) is 7.24. The third kappa shape index (κ3) is 7.34. The minimum Gasteiger partial charge on any atom is -0.392 e. The van der Waals surface area contributed by atoms with E-state index in [0.29, 0.717) is 18.3 Å². The Morgan fingerprint density at radius 1 is 1.19 bits per heavy atom. The molecule has 2 aliphatic carbocycles. The highest BCUT2D eigenvalue weighted by Crippen LogP contribution is 2.50. The van der Waals surface area contributed by atoms with Gasteiger partial charge in [0.05, 0.1) is 12.2 Å². The number of rotatable bonds is 11. The summed E-state index contributed by atoms with van der Waals surface area (Å²) in [6.07, 6.45) is 13.1. The lowest BCUT2D eigenvalue weighted by molar-refractivity contribution is 0.137. The summed E-state index contributed by atoms with van der Waals surface area (Å²) in [5.41, 5.74) is 2.92. The maximum absolute atomic E-state index is 10.6. The van der Waals surface area contributed by atoms with Crippen LogP contribution in [0.5, 0.6) is 0 Å². The molecule has 2 aliphatic rings. The fraction of sp³-hybridized carbons (Fsp3) is 0.586. The van der Waals surface area contributed by atoms with Gasteiger partial charge in [0.25, 0.3) is 0 Å². The van der Waals surface area contributed by atoms with Crippen LogP contribution in [0.25, 0.3) is 0 Å². The Kier molecular flexibility index (Phi) is 10.1. The van der Waals surface area contributed by atoms with Gasteiger partial charge in [0, 0.05) is 18.9 Å². The minimum atomic E-state index is -0.492. The van der Waals surface area contributed by atoms with E-state index in [0.717, 1.165) is 38.8 Å². The molecule has 2 fully saturated rings. The number of benzene rings is 1. The van der Waals surface area contributed by atoms with E-state index in [9.17, 15) is 10.2 Å². The molecule has 0 amide bonds. The summed E-state index contributed by atoms with van der Waals surface area (Å²) in [5, 5.41) is 24.5. The summed E-state index contributed by atoms with van der Waals surface area (Å²) in [6.45, 7) is 5.87. The first kappa shape index (κ1) is 24.8. The van der Waals surface area contributed by atoms with Gasteiger partial charge in [-0.05, 0) is 75.3 Å². The van der Waals surface area contributed by atoms with Gasteiger partial charge in [-0.3, -0.25) is 0 Å². The van der Waals surface area contributed by atoms with E-state index in [-0.39, 0.29) is 17.9 Å². The second-order valence-electron chi connectivity index (χ2n) is 9.72. The predicted octanol–water partition coefficient (Wildman–Crippen LogP) is 5.25. The average molecular weight is 436 g/mol. The molecule has 1 aromatic carbocycles. The maximum Gasteiger partial charge on any atom is 0.0755 e. The highest BCUT2D eigenvalue weighted by molar-refractivity contribution is 5.18. The number of nitrogens with one attached hydrogen (secondary N) is 1. The first-order chi connectivity index (χ1) is 15.6. The Balaban J connectivity index is 1.37. The highest BCUT2D eigenvalue weighted by atomic mass is 16.3. The van der Waals surface area contributed by atoms with Gasteiger partial charge in [-0.15, -0.1) is 11.8 Å². The second-order valence-corrected chi connectivity index (χ2v) is 9.72. The van der Waals surface area contributed by atoms with Crippen molar-refractivity contribution in [3.8, 4) is 11.8 Å². The Morgan fingerprint density at radius 3 is 2.78 bits per heavy atom. The number of hydrogen-bond acceptors (Lipinski definition) is 3. The van der Waals surface area contributed by atoms with Crippen LogP contribution in [0, 0.1) is 35.5 Å². The van der Waals surface area contributed by atoms with E-state index in [2.05, 4.69) is 59.6 Å². The van der Waals surface area contributed by atoms with Crippen molar-refractivity contribution in [2.24, 2.45) is 23.7 Å². The molecule has 3 nitrogen and oxygen atoms in total. The number of fused-ring (bicyclic) bond motifs is 1. The quantitative estimate of drug-likeness (QED) is 0.253. The Labute approximate surface area is 195 Å². The lowest BCUT2D eigenvalue weighted by atomic mass is 9.89. The lowest BCUT2D eigenvalue weighted by Crippen LogP contribution is -2.19. The number of allylic oxidation sites excluding steroid dienone is 2. The van der Waals surface area contributed by atoms with Gasteiger partial charge >= 0.3 is 0 Å². The molecular weight excluding hydrogens is 394 g/mol. The molecule has 0 aliphatic heterocycles. The molecule has 1 aromatic rings. The summed E-state index contributed by atoms with van der Waals surface area (Å²) in [6, 6.07) is 10.6. The SMILES string of the molecule is CC#CC[C@@H](C)[C@H](O)C=C[C@@H]1[C@H]2CC(=CCCCCNCc3ccccc3)C[C@H]2C[C@H]1O. The van der Waals surface area contributed by atoms with Gasteiger partial charge in [-0.25, -0.2) is 0 Å². The minimum absolute atomic E-state index is 0.120. The van der Waals surface area contributed by atoms with E-state index in [1.165, 1.54) is 18.4 Å². The first-order valence-electron chi connectivity index (χ1n) is 12.4. The molecule has 3 N–H and O–H groups in total. The second kappa shape index (κ2) is 13.0. The van der Waals surface area contributed by atoms with Crippen LogP contribution in [0.3, 0.4) is 0 Å². The third-order valence-corrected chi connectivity index (χ3v) is 7.24. The zero-order valence-corrected chi connectivity index (χ0v) is 19.8. The van der Waals surface area contributed by atoms with Gasteiger partial charge < -0.3 is 15.5 Å². The molecule has 0 radical (unpaired) electrons. The molecule has 3 heteroatoms. The van der Waals surface area contributed by atoms with Crippen LogP contribution in [0.4, 0.5) is 0 Å². The topological polar surface area (TPSA) is 52.5 Å². The zero-order valence-electron chi connectivity index (χ0n) is 19.8. The lowest BCUT2D eigenvalue weighted by Gasteiger charge is -2.19. The summed E-state index contributed by atoms with van der Waals surface area (Å²) in [7, 11) is 0. The Hall–Kier alpha value is -1.86. The summed E-state index contributed by atoms with van der Waals surface area (Å²) in [4.78, 5) is 0. The van der Waals surface area contributed by atoms with Crippen molar-refractivity contribution in [1.29, 1.82) is 0 Å². The van der Waals surface area contributed by atoms with Crippen molar-refractivity contribution >= 4 is 0 Å². The van der Waals surface area contributed by atoms with Crippen LogP contribution in [-0.2, 0) is 6.54 Å². The standard InChI is InChI=1S/C29H41NO2/c1-3-4-11-22(2)28(31)16-15-26-27-19-24(18-25(27)20-29(26)32)14-9-6-10-17-30-21-23-12-7-5-8-13-23/h5,7-8,12-16,22,25-32H,6,9-11,17-21H2,1-2H3/t22-,25+,26-,27+,28-,29-/m1/s1. The molecule has 3 rings (SSSR count). The molecule has 2 saturated carbocycles. The van der Waals surface area contributed by atoms with E-state index in [1.54, 1.807) is 5.57 Å². The van der Waals surface area contributed by atoms with Crippen LogP contribution in [0.15, 0.2) is 54.1 Å². The number of aliphatic hydroxyl groups is 2. The average Bonchev–Trinajstić information content (AvgIpc) is 3.32. The van der Waals surface area contributed by atoms with E-state index < -0.39 is 6.10 Å². The Morgan fingerprint density at radius 2 is 2.00 bits per heavy atom. The smallest absolute Gasteiger partial charge is 0.0755 e. The van der Waals surface area contributed by atoms with E-state index >= 15 is 0 Å². The van der Waals surface area contributed by atoms with Gasteiger partial charge in [0.1, 0.15) is 0 Å². The monoisotopic (exact) mass is 435 g/mol. The van der Waals surface area contributed by atoms with Crippen molar-refractivity contribution < 1.29 is 10.2 Å². The van der Waals surface area contributed by atoms with Gasteiger partial charge in [-0.2, -0.15) is 0 Å². The summed E-state index contributed by atoms with van der Waals surface area (Å²) >= 11 is 0. The fourth-order valence-electron chi connectivity index (χ4n) is 5.28. The van der Waals surface area contributed by atoms with Crippen molar-refractivity contribution in [3.63, 3.8) is 0 Å². The molecule has 0 heterocycles. The highest BCUT2D eigenvalue weighted by Gasteiger charge is 2.44. The fourth-order valence-corrected chi connectivity index (χ4v) is 5.28. The number of hydrogen-bond donors (Lipinski definition) is 3. The molecule has 0 unspecified atom stereocenters. The van der Waals surface area contributed by atoms with Gasteiger partial charge in [0.2, 0.25) is 0 Å². The Bertz CT molecular complexity index is 803. The van der Waals surface area contributed by atoms with Crippen LogP contribution in [0.2, 0.25) is 0 Å². The van der Waals surface area contributed by atoms with Crippen LogP contribution >= 0.6 is 0 Å². The largest absolute Gasteiger partial charge is 0.392 e. The summed E-state index contributed by atoms with van der Waals surface area (Å²) in [5.74, 6) is 7.36. The maximum atomic E-state index is 10.6.